The highest BCUT2D eigenvalue weighted by Crippen LogP contribution is 2.25. The van der Waals surface area contributed by atoms with Gasteiger partial charge in [0.1, 0.15) is 5.82 Å². The molecule has 0 aromatic carbocycles. The van der Waals surface area contributed by atoms with Gasteiger partial charge in [-0.2, -0.15) is 0 Å². The fourth-order valence-corrected chi connectivity index (χ4v) is 2.15. The molecule has 4 nitrogen and oxygen atoms in total. The van der Waals surface area contributed by atoms with Gasteiger partial charge in [-0.15, -0.1) is 0 Å². The molecular weight excluding hydrogens is 260 g/mol. The van der Waals surface area contributed by atoms with Crippen LogP contribution in [-0.2, 0) is 13.1 Å². The van der Waals surface area contributed by atoms with E-state index in [4.69, 9.17) is 17.3 Å². The molecule has 100 valence electrons. The molecule has 5 heteroatoms. The van der Waals surface area contributed by atoms with Crippen LogP contribution in [0.4, 0.5) is 5.82 Å². The second-order valence-corrected chi connectivity index (χ2v) is 4.60. The van der Waals surface area contributed by atoms with Gasteiger partial charge < -0.3 is 10.6 Å². The third-order valence-corrected chi connectivity index (χ3v) is 3.15. The fraction of sp³-hybridized carbons (Fsp3) is 0.286. The minimum atomic E-state index is 0.444. The molecule has 0 aliphatic carbocycles. The van der Waals surface area contributed by atoms with Gasteiger partial charge in [0.05, 0.1) is 17.3 Å². The number of anilines is 1. The Morgan fingerprint density at radius 1 is 1.32 bits per heavy atom. The van der Waals surface area contributed by atoms with Gasteiger partial charge in [0.15, 0.2) is 0 Å². The van der Waals surface area contributed by atoms with Gasteiger partial charge in [0.25, 0.3) is 0 Å². The van der Waals surface area contributed by atoms with Gasteiger partial charge in [-0.25, -0.2) is 4.98 Å². The second-order valence-electron chi connectivity index (χ2n) is 4.19. The van der Waals surface area contributed by atoms with Crippen LogP contribution < -0.4 is 10.6 Å². The summed E-state index contributed by atoms with van der Waals surface area (Å²) in [7, 11) is 0. The number of aromatic nitrogens is 2. The van der Waals surface area contributed by atoms with Crippen LogP contribution in [-0.4, -0.2) is 16.5 Å². The molecular formula is C14H17ClN4. The highest BCUT2D eigenvalue weighted by molar-refractivity contribution is 6.33. The van der Waals surface area contributed by atoms with Crippen molar-refractivity contribution in [2.75, 3.05) is 11.4 Å². The Morgan fingerprint density at radius 2 is 2.16 bits per heavy atom. The molecule has 0 radical (unpaired) electrons. The number of nitrogens with two attached hydrogens (primary N) is 1. The van der Waals surface area contributed by atoms with E-state index in [9.17, 15) is 0 Å². The normalized spacial score (nSPS) is 10.5. The SMILES string of the molecule is CCN(Cc1ccccn1)c1ncc(CN)cc1Cl. The van der Waals surface area contributed by atoms with E-state index in [1.165, 1.54) is 0 Å². The van der Waals surface area contributed by atoms with Crippen LogP contribution in [0.5, 0.6) is 0 Å². The Labute approximate surface area is 118 Å². The molecule has 0 bridgehead atoms. The summed E-state index contributed by atoms with van der Waals surface area (Å²) in [6, 6.07) is 7.74. The van der Waals surface area contributed by atoms with E-state index in [1.54, 1.807) is 12.4 Å². The first-order chi connectivity index (χ1) is 9.24. The highest BCUT2D eigenvalue weighted by atomic mass is 35.5. The van der Waals surface area contributed by atoms with Crippen molar-refractivity contribution in [3.8, 4) is 0 Å². The Kier molecular flexibility index (Phi) is 4.71. The van der Waals surface area contributed by atoms with E-state index >= 15 is 0 Å². The van der Waals surface area contributed by atoms with Crippen LogP contribution >= 0.6 is 11.6 Å². The molecule has 2 rings (SSSR count). The average molecular weight is 277 g/mol. The topological polar surface area (TPSA) is 55.0 Å². The van der Waals surface area contributed by atoms with E-state index < -0.39 is 0 Å². The average Bonchev–Trinajstić information content (AvgIpc) is 2.46. The van der Waals surface area contributed by atoms with Crippen molar-refractivity contribution in [2.45, 2.75) is 20.0 Å². The number of pyridine rings is 2. The van der Waals surface area contributed by atoms with E-state index in [2.05, 4.69) is 21.8 Å². The lowest BCUT2D eigenvalue weighted by Gasteiger charge is -2.22. The van der Waals surface area contributed by atoms with Crippen LogP contribution in [0.25, 0.3) is 0 Å². The van der Waals surface area contributed by atoms with Crippen molar-refractivity contribution >= 4 is 17.4 Å². The quantitative estimate of drug-likeness (QED) is 0.912. The molecule has 0 aliphatic rings. The Bertz CT molecular complexity index is 530. The smallest absolute Gasteiger partial charge is 0.147 e. The lowest BCUT2D eigenvalue weighted by atomic mass is 10.2. The van der Waals surface area contributed by atoms with E-state index in [0.29, 0.717) is 18.1 Å². The minimum absolute atomic E-state index is 0.444. The summed E-state index contributed by atoms with van der Waals surface area (Å²) in [6.07, 6.45) is 3.55. The van der Waals surface area contributed by atoms with Crippen molar-refractivity contribution in [3.63, 3.8) is 0 Å². The minimum Gasteiger partial charge on any atom is -0.350 e. The predicted octanol–water partition coefficient (Wildman–Crippen LogP) is 2.62. The summed E-state index contributed by atoms with van der Waals surface area (Å²) in [5.41, 5.74) is 7.50. The maximum absolute atomic E-state index is 6.27. The first-order valence-electron chi connectivity index (χ1n) is 6.24. The fourth-order valence-electron chi connectivity index (χ4n) is 1.84. The zero-order chi connectivity index (χ0) is 13.7. The van der Waals surface area contributed by atoms with Crippen molar-refractivity contribution in [2.24, 2.45) is 5.73 Å². The number of rotatable bonds is 5. The molecule has 0 saturated carbocycles. The molecule has 0 amide bonds. The molecule has 2 N–H and O–H groups in total. The first-order valence-corrected chi connectivity index (χ1v) is 6.61. The summed E-state index contributed by atoms with van der Waals surface area (Å²) in [5, 5.41) is 0.626. The van der Waals surface area contributed by atoms with Crippen LogP contribution in [0, 0.1) is 0 Å². The van der Waals surface area contributed by atoms with Crippen molar-refractivity contribution in [1.82, 2.24) is 9.97 Å². The summed E-state index contributed by atoms with van der Waals surface area (Å²) >= 11 is 6.27. The third kappa shape index (κ3) is 3.43. The molecule has 0 spiro atoms. The number of halogens is 1. The Hall–Kier alpha value is -1.65. The van der Waals surface area contributed by atoms with Crippen molar-refractivity contribution < 1.29 is 0 Å². The lowest BCUT2D eigenvalue weighted by Crippen LogP contribution is -2.24. The molecule has 0 saturated heterocycles. The molecule has 19 heavy (non-hydrogen) atoms. The highest BCUT2D eigenvalue weighted by Gasteiger charge is 2.12. The molecule has 0 aliphatic heterocycles. The van der Waals surface area contributed by atoms with Gasteiger partial charge >= 0.3 is 0 Å². The van der Waals surface area contributed by atoms with E-state index in [-0.39, 0.29) is 0 Å². The monoisotopic (exact) mass is 276 g/mol. The zero-order valence-electron chi connectivity index (χ0n) is 10.9. The van der Waals surface area contributed by atoms with Crippen molar-refractivity contribution in [1.29, 1.82) is 0 Å². The predicted molar refractivity (Wildman–Crippen MR) is 78.1 cm³/mol. The molecule has 0 fully saturated rings. The summed E-state index contributed by atoms with van der Waals surface area (Å²) in [4.78, 5) is 10.8. The Balaban J connectivity index is 2.22. The number of hydrogen-bond acceptors (Lipinski definition) is 4. The first kappa shape index (κ1) is 13.8. The maximum atomic E-state index is 6.27. The van der Waals surface area contributed by atoms with Crippen LogP contribution in [0.2, 0.25) is 5.02 Å². The molecule has 2 aromatic heterocycles. The standard InChI is InChI=1S/C14H17ClN4/c1-2-19(10-12-5-3-4-6-17-12)14-13(15)7-11(8-16)9-18-14/h3-7,9H,2,8,10,16H2,1H3. The maximum Gasteiger partial charge on any atom is 0.147 e. The van der Waals surface area contributed by atoms with Gasteiger partial charge in [0, 0.05) is 25.5 Å². The molecule has 2 heterocycles. The third-order valence-electron chi connectivity index (χ3n) is 2.87. The molecule has 2 aromatic rings. The largest absolute Gasteiger partial charge is 0.350 e. The summed E-state index contributed by atoms with van der Waals surface area (Å²) < 4.78 is 0. The van der Waals surface area contributed by atoms with Gasteiger partial charge in [-0.3, -0.25) is 4.98 Å². The molecule has 0 unspecified atom stereocenters. The second kappa shape index (κ2) is 6.50. The van der Waals surface area contributed by atoms with Gasteiger partial charge in [0.2, 0.25) is 0 Å². The number of hydrogen-bond donors (Lipinski definition) is 1. The summed E-state index contributed by atoms with van der Waals surface area (Å²) in [6.45, 7) is 4.01. The molecule has 0 atom stereocenters. The summed E-state index contributed by atoms with van der Waals surface area (Å²) in [5.74, 6) is 0.770. The van der Waals surface area contributed by atoms with Gasteiger partial charge in [-0.1, -0.05) is 17.7 Å². The van der Waals surface area contributed by atoms with Crippen LogP contribution in [0.1, 0.15) is 18.2 Å². The lowest BCUT2D eigenvalue weighted by molar-refractivity contribution is 0.792. The van der Waals surface area contributed by atoms with Gasteiger partial charge in [-0.05, 0) is 30.7 Å². The zero-order valence-corrected chi connectivity index (χ0v) is 11.6. The van der Waals surface area contributed by atoms with E-state index in [1.807, 2.05) is 24.3 Å². The van der Waals surface area contributed by atoms with E-state index in [0.717, 1.165) is 23.6 Å². The number of nitrogens with zero attached hydrogens (tertiary/aromatic N) is 3. The van der Waals surface area contributed by atoms with Crippen LogP contribution in [0.3, 0.4) is 0 Å². The van der Waals surface area contributed by atoms with Crippen LogP contribution in [0.15, 0.2) is 36.7 Å². The van der Waals surface area contributed by atoms with Crippen molar-refractivity contribution in [3.05, 3.63) is 52.9 Å². The Morgan fingerprint density at radius 3 is 2.74 bits per heavy atom.